The Morgan fingerprint density at radius 3 is 2.74 bits per heavy atom. The SMILES string of the molecule is Cc1nc(Oc2ccc(C#N)cc2)sc1NC(=O)O. The van der Waals surface area contributed by atoms with E-state index in [1.807, 2.05) is 6.07 Å². The van der Waals surface area contributed by atoms with Crippen molar-refractivity contribution in [3.63, 3.8) is 0 Å². The van der Waals surface area contributed by atoms with E-state index in [1.165, 1.54) is 0 Å². The van der Waals surface area contributed by atoms with E-state index in [4.69, 9.17) is 15.1 Å². The van der Waals surface area contributed by atoms with E-state index >= 15 is 0 Å². The Kier molecular flexibility index (Phi) is 3.63. The van der Waals surface area contributed by atoms with E-state index < -0.39 is 6.09 Å². The summed E-state index contributed by atoms with van der Waals surface area (Å²) in [7, 11) is 0. The molecule has 19 heavy (non-hydrogen) atoms. The van der Waals surface area contributed by atoms with Crippen molar-refractivity contribution in [2.24, 2.45) is 0 Å². The molecule has 0 saturated heterocycles. The summed E-state index contributed by atoms with van der Waals surface area (Å²) in [6, 6.07) is 8.58. The lowest BCUT2D eigenvalue weighted by atomic mass is 10.2. The van der Waals surface area contributed by atoms with Gasteiger partial charge in [-0.3, -0.25) is 5.32 Å². The molecule has 0 bridgehead atoms. The van der Waals surface area contributed by atoms with Gasteiger partial charge in [-0.2, -0.15) is 5.26 Å². The smallest absolute Gasteiger partial charge is 0.409 e. The van der Waals surface area contributed by atoms with Crippen LogP contribution in [0.3, 0.4) is 0 Å². The number of hydrogen-bond donors (Lipinski definition) is 2. The minimum atomic E-state index is -1.14. The molecule has 1 aromatic heterocycles. The molecule has 1 amide bonds. The number of benzene rings is 1. The highest BCUT2D eigenvalue weighted by Gasteiger charge is 2.11. The quantitative estimate of drug-likeness (QED) is 0.896. The number of aromatic nitrogens is 1. The zero-order valence-electron chi connectivity index (χ0n) is 9.88. The van der Waals surface area contributed by atoms with E-state index in [2.05, 4.69) is 10.3 Å². The van der Waals surface area contributed by atoms with Crippen LogP contribution in [0.2, 0.25) is 0 Å². The first-order valence-electron chi connectivity index (χ1n) is 5.24. The van der Waals surface area contributed by atoms with Crippen LogP contribution in [0.1, 0.15) is 11.3 Å². The number of carbonyl (C=O) groups is 1. The van der Waals surface area contributed by atoms with Gasteiger partial charge in [0.1, 0.15) is 10.8 Å². The summed E-state index contributed by atoms with van der Waals surface area (Å²) >= 11 is 1.10. The van der Waals surface area contributed by atoms with Gasteiger partial charge in [0.15, 0.2) is 0 Å². The summed E-state index contributed by atoms with van der Waals surface area (Å²) < 4.78 is 5.49. The molecule has 0 aliphatic heterocycles. The lowest BCUT2D eigenvalue weighted by Gasteiger charge is -2.00. The van der Waals surface area contributed by atoms with E-state index in [1.54, 1.807) is 31.2 Å². The highest BCUT2D eigenvalue weighted by Crippen LogP contribution is 2.32. The molecule has 0 radical (unpaired) electrons. The number of anilines is 1. The number of nitrogens with one attached hydrogen (secondary N) is 1. The third-order valence-electron chi connectivity index (χ3n) is 2.19. The van der Waals surface area contributed by atoms with Gasteiger partial charge >= 0.3 is 6.09 Å². The second-order valence-corrected chi connectivity index (χ2v) is 4.52. The summed E-state index contributed by atoms with van der Waals surface area (Å²) in [5.74, 6) is 0.537. The average Bonchev–Trinajstić information content (AvgIpc) is 2.70. The summed E-state index contributed by atoms with van der Waals surface area (Å²) in [5, 5.41) is 20.3. The third-order valence-corrected chi connectivity index (χ3v) is 3.14. The molecule has 2 rings (SSSR count). The highest BCUT2D eigenvalue weighted by atomic mass is 32.1. The van der Waals surface area contributed by atoms with E-state index in [9.17, 15) is 4.79 Å². The summed E-state index contributed by atoms with van der Waals surface area (Å²) in [4.78, 5) is 14.7. The molecule has 1 heterocycles. The van der Waals surface area contributed by atoms with Gasteiger partial charge < -0.3 is 9.84 Å². The molecule has 0 saturated carbocycles. The number of hydrogen-bond acceptors (Lipinski definition) is 5. The topological polar surface area (TPSA) is 95.2 Å². The number of thiazole rings is 1. The van der Waals surface area contributed by atoms with Crippen molar-refractivity contribution in [1.29, 1.82) is 5.26 Å². The van der Waals surface area contributed by atoms with Crippen molar-refractivity contribution in [1.82, 2.24) is 4.98 Å². The van der Waals surface area contributed by atoms with E-state index in [-0.39, 0.29) is 0 Å². The summed E-state index contributed by atoms with van der Waals surface area (Å²) in [6.07, 6.45) is -1.14. The minimum Gasteiger partial charge on any atom is -0.465 e. The monoisotopic (exact) mass is 275 g/mol. The van der Waals surface area contributed by atoms with Crippen molar-refractivity contribution in [2.45, 2.75) is 6.92 Å². The first-order chi connectivity index (χ1) is 9.08. The Morgan fingerprint density at radius 2 is 2.16 bits per heavy atom. The molecule has 96 valence electrons. The standard InChI is InChI=1S/C12H9N3O3S/c1-7-10(15-11(16)17)19-12(14-7)18-9-4-2-8(6-13)3-5-9/h2-5,15H,1H3,(H,16,17). The molecular formula is C12H9N3O3S. The second kappa shape index (κ2) is 5.37. The van der Waals surface area contributed by atoms with Gasteiger partial charge in [0, 0.05) is 0 Å². The minimum absolute atomic E-state index is 0.339. The lowest BCUT2D eigenvalue weighted by molar-refractivity contribution is 0.210. The Balaban J connectivity index is 2.14. The molecule has 2 N–H and O–H groups in total. The van der Waals surface area contributed by atoms with Gasteiger partial charge in [-0.1, -0.05) is 11.3 Å². The maximum Gasteiger partial charge on any atom is 0.409 e. The Labute approximate surface area is 112 Å². The van der Waals surface area contributed by atoms with Crippen LogP contribution in [0.15, 0.2) is 24.3 Å². The number of nitriles is 1. The summed E-state index contributed by atoms with van der Waals surface area (Å²) in [5.41, 5.74) is 1.09. The highest BCUT2D eigenvalue weighted by molar-refractivity contribution is 7.17. The lowest BCUT2D eigenvalue weighted by Crippen LogP contribution is -2.06. The van der Waals surface area contributed by atoms with Crippen molar-refractivity contribution in [3.8, 4) is 17.0 Å². The molecule has 0 unspecified atom stereocenters. The molecule has 0 atom stereocenters. The third kappa shape index (κ3) is 3.20. The predicted molar refractivity (Wildman–Crippen MR) is 69.7 cm³/mol. The van der Waals surface area contributed by atoms with Crippen LogP contribution in [-0.2, 0) is 0 Å². The number of amides is 1. The Hall–Kier alpha value is -2.59. The van der Waals surface area contributed by atoms with Gasteiger partial charge in [-0.05, 0) is 31.2 Å². The van der Waals surface area contributed by atoms with Crippen LogP contribution in [0.5, 0.6) is 10.9 Å². The molecule has 0 aliphatic carbocycles. The number of carboxylic acid groups (broad SMARTS) is 1. The van der Waals surface area contributed by atoms with Crippen LogP contribution in [-0.4, -0.2) is 16.2 Å². The Bertz CT molecular complexity index is 643. The molecule has 7 heteroatoms. The van der Waals surface area contributed by atoms with Crippen molar-refractivity contribution >= 4 is 22.4 Å². The zero-order valence-corrected chi connectivity index (χ0v) is 10.7. The molecule has 6 nitrogen and oxygen atoms in total. The zero-order chi connectivity index (χ0) is 13.8. The first kappa shape index (κ1) is 12.9. The number of aryl methyl sites for hydroxylation is 1. The van der Waals surface area contributed by atoms with Crippen LogP contribution in [0.25, 0.3) is 0 Å². The van der Waals surface area contributed by atoms with Crippen LogP contribution in [0, 0.1) is 18.3 Å². The van der Waals surface area contributed by atoms with Crippen LogP contribution >= 0.6 is 11.3 Å². The fraction of sp³-hybridized carbons (Fsp3) is 0.0833. The average molecular weight is 275 g/mol. The normalized spacial score (nSPS) is 9.68. The largest absolute Gasteiger partial charge is 0.465 e. The molecule has 2 aromatic rings. The van der Waals surface area contributed by atoms with Gasteiger partial charge in [0.25, 0.3) is 5.19 Å². The fourth-order valence-electron chi connectivity index (χ4n) is 1.33. The van der Waals surface area contributed by atoms with Crippen LogP contribution < -0.4 is 10.1 Å². The van der Waals surface area contributed by atoms with Gasteiger partial charge in [-0.25, -0.2) is 9.78 Å². The van der Waals surface area contributed by atoms with E-state index in [0.29, 0.717) is 27.2 Å². The Morgan fingerprint density at radius 1 is 1.47 bits per heavy atom. The molecular weight excluding hydrogens is 266 g/mol. The molecule has 1 aromatic carbocycles. The van der Waals surface area contributed by atoms with Crippen molar-refractivity contribution in [3.05, 3.63) is 35.5 Å². The van der Waals surface area contributed by atoms with Crippen molar-refractivity contribution in [2.75, 3.05) is 5.32 Å². The fourth-order valence-corrected chi connectivity index (χ4v) is 2.15. The summed E-state index contributed by atoms with van der Waals surface area (Å²) in [6.45, 7) is 1.69. The predicted octanol–water partition coefficient (Wildman–Crippen LogP) is 3.21. The van der Waals surface area contributed by atoms with E-state index in [0.717, 1.165) is 11.3 Å². The van der Waals surface area contributed by atoms with Crippen molar-refractivity contribution < 1.29 is 14.6 Å². The molecule has 0 fully saturated rings. The maximum atomic E-state index is 10.6. The van der Waals surface area contributed by atoms with Gasteiger partial charge in [0.2, 0.25) is 0 Å². The maximum absolute atomic E-state index is 10.6. The second-order valence-electron chi connectivity index (χ2n) is 3.56. The van der Waals surface area contributed by atoms with Gasteiger partial charge in [0.05, 0.1) is 17.3 Å². The number of nitrogens with zero attached hydrogens (tertiary/aromatic N) is 2. The van der Waals surface area contributed by atoms with Crippen LogP contribution in [0.4, 0.5) is 9.80 Å². The molecule has 0 spiro atoms. The van der Waals surface area contributed by atoms with Gasteiger partial charge in [-0.15, -0.1) is 0 Å². The number of rotatable bonds is 3. The number of ether oxygens (including phenoxy) is 1. The first-order valence-corrected chi connectivity index (χ1v) is 6.05. The molecule has 0 aliphatic rings.